The number of hydrogen-bond donors (Lipinski definition) is 0. The lowest BCUT2D eigenvalue weighted by Gasteiger charge is -1.99. The molecule has 1 heterocycles. The van der Waals surface area contributed by atoms with Crippen molar-refractivity contribution in [3.8, 4) is 0 Å². The molecule has 3 heteroatoms. The van der Waals surface area contributed by atoms with Crippen LogP contribution in [-0.2, 0) is 12.8 Å². The molecule has 1 rings (SSSR count). The molecular weight excluding hydrogens is 144 g/mol. The standard InChI is InChI=1S/C7H12N2S/c1-6-8-4-7(5-10-3)9(6)2/h4H,5H2,1-3H3. The van der Waals surface area contributed by atoms with Crippen molar-refractivity contribution in [2.45, 2.75) is 12.7 Å². The Labute approximate surface area is 65.7 Å². The topological polar surface area (TPSA) is 17.8 Å². The lowest BCUT2D eigenvalue weighted by Crippen LogP contribution is -1.95. The molecule has 0 aliphatic rings. The van der Waals surface area contributed by atoms with Gasteiger partial charge in [-0.05, 0) is 13.2 Å². The molecule has 0 amide bonds. The fourth-order valence-corrected chi connectivity index (χ4v) is 1.39. The third kappa shape index (κ3) is 1.34. The van der Waals surface area contributed by atoms with Crippen molar-refractivity contribution in [2.75, 3.05) is 6.26 Å². The third-order valence-electron chi connectivity index (χ3n) is 1.61. The van der Waals surface area contributed by atoms with E-state index in [1.165, 1.54) is 5.69 Å². The molecule has 0 atom stereocenters. The van der Waals surface area contributed by atoms with Crippen LogP contribution in [0.1, 0.15) is 11.5 Å². The van der Waals surface area contributed by atoms with E-state index in [0.29, 0.717) is 0 Å². The van der Waals surface area contributed by atoms with E-state index in [1.54, 1.807) is 0 Å². The van der Waals surface area contributed by atoms with Crippen molar-refractivity contribution in [3.63, 3.8) is 0 Å². The predicted molar refractivity (Wildman–Crippen MR) is 45.2 cm³/mol. The zero-order valence-corrected chi connectivity index (χ0v) is 7.40. The molecular formula is C7H12N2S. The van der Waals surface area contributed by atoms with Gasteiger partial charge in [0, 0.05) is 24.7 Å². The fourth-order valence-electron chi connectivity index (χ4n) is 0.831. The Morgan fingerprint density at radius 2 is 2.40 bits per heavy atom. The summed E-state index contributed by atoms with van der Waals surface area (Å²) in [5, 5.41) is 0. The fraction of sp³-hybridized carbons (Fsp3) is 0.571. The van der Waals surface area contributed by atoms with Crippen LogP contribution in [0.4, 0.5) is 0 Å². The van der Waals surface area contributed by atoms with Crippen LogP contribution in [0.25, 0.3) is 0 Å². The van der Waals surface area contributed by atoms with E-state index < -0.39 is 0 Å². The predicted octanol–water partition coefficient (Wildman–Crippen LogP) is 1.59. The zero-order valence-electron chi connectivity index (χ0n) is 6.59. The van der Waals surface area contributed by atoms with Gasteiger partial charge in [0.15, 0.2) is 0 Å². The summed E-state index contributed by atoms with van der Waals surface area (Å²) < 4.78 is 2.12. The Morgan fingerprint density at radius 3 is 2.80 bits per heavy atom. The van der Waals surface area contributed by atoms with Crippen molar-refractivity contribution >= 4 is 11.8 Å². The van der Waals surface area contributed by atoms with Gasteiger partial charge in [0.2, 0.25) is 0 Å². The number of hydrogen-bond acceptors (Lipinski definition) is 2. The van der Waals surface area contributed by atoms with Gasteiger partial charge >= 0.3 is 0 Å². The molecule has 1 aromatic rings. The van der Waals surface area contributed by atoms with Gasteiger partial charge in [-0.25, -0.2) is 4.98 Å². The van der Waals surface area contributed by atoms with Gasteiger partial charge in [-0.2, -0.15) is 11.8 Å². The van der Waals surface area contributed by atoms with E-state index in [1.807, 2.05) is 31.9 Å². The molecule has 0 saturated carbocycles. The second-order valence-corrected chi connectivity index (χ2v) is 3.15. The summed E-state index contributed by atoms with van der Waals surface area (Å²) in [5.74, 6) is 2.14. The SMILES string of the molecule is CSCc1cnc(C)n1C. The van der Waals surface area contributed by atoms with Gasteiger partial charge in [-0.1, -0.05) is 0 Å². The number of rotatable bonds is 2. The Hall–Kier alpha value is -0.440. The van der Waals surface area contributed by atoms with Crippen LogP contribution in [0.5, 0.6) is 0 Å². The highest BCUT2D eigenvalue weighted by Gasteiger charge is 1.99. The number of aromatic nitrogens is 2. The first kappa shape index (κ1) is 7.66. The first-order valence-corrected chi connectivity index (χ1v) is 4.61. The Kier molecular flexibility index (Phi) is 2.38. The summed E-state index contributed by atoms with van der Waals surface area (Å²) >= 11 is 1.82. The number of aryl methyl sites for hydroxylation is 1. The van der Waals surface area contributed by atoms with Crippen molar-refractivity contribution < 1.29 is 0 Å². The van der Waals surface area contributed by atoms with Crippen molar-refractivity contribution in [1.29, 1.82) is 0 Å². The van der Waals surface area contributed by atoms with Crippen LogP contribution in [0, 0.1) is 6.92 Å². The van der Waals surface area contributed by atoms with Gasteiger partial charge in [0.25, 0.3) is 0 Å². The molecule has 0 aliphatic carbocycles. The number of imidazole rings is 1. The molecule has 56 valence electrons. The van der Waals surface area contributed by atoms with E-state index in [4.69, 9.17) is 0 Å². The van der Waals surface area contributed by atoms with E-state index in [0.717, 1.165) is 11.6 Å². The lowest BCUT2D eigenvalue weighted by atomic mass is 10.5. The average molecular weight is 156 g/mol. The van der Waals surface area contributed by atoms with Crippen LogP contribution in [0.2, 0.25) is 0 Å². The van der Waals surface area contributed by atoms with Gasteiger partial charge < -0.3 is 4.57 Å². The molecule has 0 spiro atoms. The highest BCUT2D eigenvalue weighted by molar-refractivity contribution is 7.97. The minimum Gasteiger partial charge on any atom is -0.335 e. The first-order valence-electron chi connectivity index (χ1n) is 3.22. The summed E-state index contributed by atoms with van der Waals surface area (Å²) in [4.78, 5) is 4.18. The second kappa shape index (κ2) is 3.10. The van der Waals surface area contributed by atoms with Crippen molar-refractivity contribution in [3.05, 3.63) is 17.7 Å². The number of nitrogens with zero attached hydrogens (tertiary/aromatic N) is 2. The van der Waals surface area contributed by atoms with Crippen molar-refractivity contribution in [2.24, 2.45) is 7.05 Å². The van der Waals surface area contributed by atoms with E-state index in [-0.39, 0.29) is 0 Å². The highest BCUT2D eigenvalue weighted by atomic mass is 32.2. The van der Waals surface area contributed by atoms with Gasteiger partial charge in [-0.3, -0.25) is 0 Å². The smallest absolute Gasteiger partial charge is 0.105 e. The van der Waals surface area contributed by atoms with Gasteiger partial charge in [0.05, 0.1) is 0 Å². The molecule has 0 unspecified atom stereocenters. The summed E-state index contributed by atoms with van der Waals surface area (Å²) in [6.45, 7) is 2.02. The number of thioether (sulfide) groups is 1. The van der Waals surface area contributed by atoms with Crippen LogP contribution in [0.15, 0.2) is 6.20 Å². The maximum absolute atomic E-state index is 4.18. The Morgan fingerprint density at radius 1 is 1.70 bits per heavy atom. The molecule has 0 aromatic carbocycles. The summed E-state index contributed by atoms with van der Waals surface area (Å²) in [6.07, 6.45) is 4.04. The van der Waals surface area contributed by atoms with Gasteiger partial charge in [0.1, 0.15) is 5.82 Å². The molecule has 0 saturated heterocycles. The highest BCUT2D eigenvalue weighted by Crippen LogP contribution is 2.08. The van der Waals surface area contributed by atoms with E-state index in [2.05, 4.69) is 15.8 Å². The van der Waals surface area contributed by atoms with Crippen LogP contribution in [0.3, 0.4) is 0 Å². The summed E-state index contributed by atoms with van der Waals surface area (Å²) in [6, 6.07) is 0. The average Bonchev–Trinajstić information content (AvgIpc) is 2.20. The third-order valence-corrected chi connectivity index (χ3v) is 2.19. The Bertz CT molecular complexity index is 217. The quantitative estimate of drug-likeness (QED) is 0.647. The lowest BCUT2D eigenvalue weighted by molar-refractivity contribution is 0.823. The summed E-state index contributed by atoms with van der Waals surface area (Å²) in [7, 11) is 2.05. The zero-order chi connectivity index (χ0) is 7.56. The van der Waals surface area contributed by atoms with Crippen LogP contribution in [-0.4, -0.2) is 15.8 Å². The molecule has 10 heavy (non-hydrogen) atoms. The van der Waals surface area contributed by atoms with Crippen LogP contribution < -0.4 is 0 Å². The first-order chi connectivity index (χ1) is 4.75. The molecule has 0 fully saturated rings. The minimum atomic E-state index is 1.05. The molecule has 0 radical (unpaired) electrons. The van der Waals surface area contributed by atoms with E-state index >= 15 is 0 Å². The molecule has 0 aliphatic heterocycles. The van der Waals surface area contributed by atoms with Crippen LogP contribution >= 0.6 is 11.8 Å². The van der Waals surface area contributed by atoms with Gasteiger partial charge in [-0.15, -0.1) is 0 Å². The maximum Gasteiger partial charge on any atom is 0.105 e. The monoisotopic (exact) mass is 156 g/mol. The maximum atomic E-state index is 4.18. The Balaban J connectivity index is 2.83. The normalized spacial score (nSPS) is 10.3. The largest absolute Gasteiger partial charge is 0.335 e. The molecule has 2 nitrogen and oxygen atoms in total. The summed E-state index contributed by atoms with van der Waals surface area (Å²) in [5.41, 5.74) is 1.30. The molecule has 0 bridgehead atoms. The minimum absolute atomic E-state index is 1.05. The second-order valence-electron chi connectivity index (χ2n) is 2.29. The molecule has 0 N–H and O–H groups in total. The molecule has 1 aromatic heterocycles. The van der Waals surface area contributed by atoms with Crippen molar-refractivity contribution in [1.82, 2.24) is 9.55 Å². The van der Waals surface area contributed by atoms with E-state index in [9.17, 15) is 0 Å².